The maximum atomic E-state index is 12.9. The number of nitrogens with one attached hydrogen (secondary N) is 4. The van der Waals surface area contributed by atoms with Crippen molar-refractivity contribution in [3.05, 3.63) is 59.7 Å². The van der Waals surface area contributed by atoms with E-state index in [0.717, 1.165) is 31.4 Å². The number of esters is 2. The molecule has 0 aliphatic heterocycles. The van der Waals surface area contributed by atoms with Crippen LogP contribution in [0.1, 0.15) is 45.2 Å². The molecule has 0 saturated heterocycles. The maximum absolute atomic E-state index is 12.9. The minimum atomic E-state index is -4.59. The summed E-state index contributed by atoms with van der Waals surface area (Å²) in [4.78, 5) is 46.9. The Balaban J connectivity index is 0.000000450. The van der Waals surface area contributed by atoms with Crippen molar-refractivity contribution in [3.63, 3.8) is 0 Å². The number of methoxy groups -OCH3 is 2. The Hall–Kier alpha value is -4.50. The summed E-state index contributed by atoms with van der Waals surface area (Å²) in [6.45, 7) is 7.03. The first-order valence-electron chi connectivity index (χ1n) is 13.4. The van der Waals surface area contributed by atoms with Gasteiger partial charge < -0.3 is 30.7 Å². The van der Waals surface area contributed by atoms with Gasteiger partial charge in [-0.3, -0.25) is 0 Å². The average molecular weight is 651 g/mol. The maximum Gasteiger partial charge on any atom is 0.418 e. The Bertz CT molecular complexity index is 1300. The molecule has 4 amide bonds. The molecule has 0 bridgehead atoms. The lowest BCUT2D eigenvalue weighted by Crippen LogP contribution is -2.46. The molecule has 4 N–H and O–H groups in total. The van der Waals surface area contributed by atoms with Crippen LogP contribution < -0.4 is 21.3 Å². The zero-order valence-corrected chi connectivity index (χ0v) is 25.4. The lowest BCUT2D eigenvalue weighted by Gasteiger charge is -2.21. The van der Waals surface area contributed by atoms with E-state index in [1.807, 2.05) is 13.8 Å². The summed E-state index contributed by atoms with van der Waals surface area (Å²) in [6, 6.07) is 5.46. The van der Waals surface area contributed by atoms with Gasteiger partial charge in [-0.05, 0) is 42.5 Å². The summed E-state index contributed by atoms with van der Waals surface area (Å²) < 4.78 is 86.2. The molecule has 2 aromatic carbocycles. The van der Waals surface area contributed by atoms with Gasteiger partial charge >= 0.3 is 36.4 Å². The lowest BCUT2D eigenvalue weighted by molar-refractivity contribution is -0.144. The summed E-state index contributed by atoms with van der Waals surface area (Å²) in [5, 5.41) is 8.86. The van der Waals surface area contributed by atoms with Crippen molar-refractivity contribution in [1.82, 2.24) is 10.6 Å². The molecular formula is C29H36F6N4O6. The monoisotopic (exact) mass is 650 g/mol. The number of hydrogen-bond acceptors (Lipinski definition) is 6. The Labute approximate surface area is 256 Å². The van der Waals surface area contributed by atoms with Gasteiger partial charge in [0.25, 0.3) is 0 Å². The van der Waals surface area contributed by atoms with Crippen LogP contribution in [0.15, 0.2) is 48.5 Å². The number of ether oxygens (including phenoxy) is 2. The number of urea groups is 2. The molecular weight excluding hydrogens is 614 g/mol. The molecule has 45 heavy (non-hydrogen) atoms. The lowest BCUT2D eigenvalue weighted by atomic mass is 10.0. The number of hydrogen-bond donors (Lipinski definition) is 4. The van der Waals surface area contributed by atoms with E-state index in [1.165, 1.54) is 31.4 Å². The van der Waals surface area contributed by atoms with Crippen LogP contribution in [-0.2, 0) is 31.4 Å². The highest BCUT2D eigenvalue weighted by Gasteiger charge is 2.35. The van der Waals surface area contributed by atoms with Gasteiger partial charge in [0.05, 0.1) is 36.7 Å². The molecule has 0 radical (unpaired) electrons. The minimum Gasteiger partial charge on any atom is -0.467 e. The summed E-state index contributed by atoms with van der Waals surface area (Å²) in [6.07, 6.45) is -8.88. The van der Waals surface area contributed by atoms with Crippen molar-refractivity contribution >= 4 is 35.4 Å². The van der Waals surface area contributed by atoms with Crippen LogP contribution >= 0.6 is 0 Å². The number of carbonyl (C=O) groups excluding carboxylic acids is 4. The first-order valence-corrected chi connectivity index (χ1v) is 13.4. The van der Waals surface area contributed by atoms with E-state index in [0.29, 0.717) is 6.42 Å². The van der Waals surface area contributed by atoms with Crippen LogP contribution in [0.5, 0.6) is 0 Å². The highest BCUT2D eigenvalue weighted by Crippen LogP contribution is 2.35. The molecule has 0 aromatic heterocycles. The third-order valence-electron chi connectivity index (χ3n) is 5.87. The molecule has 10 nitrogen and oxygen atoms in total. The van der Waals surface area contributed by atoms with E-state index in [2.05, 4.69) is 30.7 Å². The first kappa shape index (κ1) is 38.5. The molecule has 250 valence electrons. The van der Waals surface area contributed by atoms with Crippen molar-refractivity contribution in [2.45, 2.75) is 58.6 Å². The molecule has 0 heterocycles. The van der Waals surface area contributed by atoms with Gasteiger partial charge in [-0.15, -0.1) is 0 Å². The van der Waals surface area contributed by atoms with Crippen LogP contribution in [0.25, 0.3) is 0 Å². The fourth-order valence-electron chi connectivity index (χ4n) is 3.75. The molecule has 1 unspecified atom stereocenters. The minimum absolute atomic E-state index is 0.0851. The smallest absolute Gasteiger partial charge is 0.418 e. The van der Waals surface area contributed by atoms with Gasteiger partial charge in [0.2, 0.25) is 0 Å². The number of para-hydroxylation sites is 2. The van der Waals surface area contributed by atoms with Gasteiger partial charge in [0.1, 0.15) is 12.1 Å². The molecule has 16 heteroatoms. The predicted molar refractivity (Wildman–Crippen MR) is 153 cm³/mol. The highest BCUT2D eigenvalue weighted by atomic mass is 19.4. The quantitative estimate of drug-likeness (QED) is 0.182. The topological polar surface area (TPSA) is 135 Å². The number of halogens is 6. The second-order valence-electron chi connectivity index (χ2n) is 10.2. The van der Waals surface area contributed by atoms with E-state index in [1.54, 1.807) is 13.8 Å². The molecule has 2 rings (SSSR count). The molecule has 0 saturated carbocycles. The SMILES string of the molecule is COC(=O)C(NC(=O)Nc1ccccc1C(F)(F)F)C(C)C.COC(=O)[C@H](CC(C)C)NC(=O)Nc1ccccc1C(F)(F)F. The molecule has 0 spiro atoms. The third-order valence-corrected chi connectivity index (χ3v) is 5.87. The largest absolute Gasteiger partial charge is 0.467 e. The number of anilines is 2. The number of carbonyl (C=O) groups is 4. The molecule has 0 fully saturated rings. The van der Waals surface area contributed by atoms with Crippen LogP contribution in [-0.4, -0.2) is 50.3 Å². The normalized spacial score (nSPS) is 12.7. The number of benzene rings is 2. The van der Waals surface area contributed by atoms with E-state index in [4.69, 9.17) is 0 Å². The van der Waals surface area contributed by atoms with Crippen molar-refractivity contribution in [2.75, 3.05) is 24.9 Å². The van der Waals surface area contributed by atoms with Gasteiger partial charge in [0.15, 0.2) is 0 Å². The first-order chi connectivity index (χ1) is 20.8. The number of alkyl halides is 6. The summed E-state index contributed by atoms with van der Waals surface area (Å²) in [5.74, 6) is -1.52. The fourth-order valence-corrected chi connectivity index (χ4v) is 3.75. The number of amides is 4. The Morgan fingerprint density at radius 3 is 1.42 bits per heavy atom. The van der Waals surface area contributed by atoms with Crippen LogP contribution in [0.3, 0.4) is 0 Å². The molecule has 0 aliphatic carbocycles. The molecule has 2 aromatic rings. The van der Waals surface area contributed by atoms with Crippen molar-refractivity contribution in [3.8, 4) is 0 Å². The van der Waals surface area contributed by atoms with E-state index < -0.39 is 59.6 Å². The standard InChI is InChI=1S/C15H19F3N2O3.C14H17F3N2O3/c1-9(2)8-12(13(21)23-3)20-14(22)19-11-7-5-4-6-10(11)15(16,17)18;1-8(2)11(12(20)22-3)19-13(21)18-10-7-5-4-6-9(10)14(15,16)17/h4-7,9,12H,8H2,1-3H3,(H2,19,20,22);4-8,11H,1-3H3,(H2,18,19,21)/t12-;/m0./s1. The van der Waals surface area contributed by atoms with Gasteiger partial charge in [-0.1, -0.05) is 52.0 Å². The van der Waals surface area contributed by atoms with Crippen molar-refractivity contribution < 1.29 is 55.0 Å². The van der Waals surface area contributed by atoms with Crippen LogP contribution in [0.4, 0.5) is 47.3 Å². The number of rotatable bonds is 9. The Morgan fingerprint density at radius 1 is 0.667 bits per heavy atom. The summed E-state index contributed by atoms with van der Waals surface area (Å²) >= 11 is 0. The zero-order chi connectivity index (χ0) is 34.5. The predicted octanol–water partition coefficient (Wildman–Crippen LogP) is 6.44. The second-order valence-corrected chi connectivity index (χ2v) is 10.2. The van der Waals surface area contributed by atoms with Crippen molar-refractivity contribution in [2.24, 2.45) is 11.8 Å². The van der Waals surface area contributed by atoms with Crippen LogP contribution in [0.2, 0.25) is 0 Å². The van der Waals surface area contributed by atoms with E-state index in [-0.39, 0.29) is 23.2 Å². The van der Waals surface area contributed by atoms with E-state index >= 15 is 0 Å². The second kappa shape index (κ2) is 17.1. The Morgan fingerprint density at radius 2 is 1.07 bits per heavy atom. The Kier molecular flexibility index (Phi) is 14.6. The van der Waals surface area contributed by atoms with Crippen LogP contribution in [0, 0.1) is 11.8 Å². The third kappa shape index (κ3) is 12.9. The highest BCUT2D eigenvalue weighted by molar-refractivity contribution is 5.94. The van der Waals surface area contributed by atoms with Gasteiger partial charge in [-0.2, -0.15) is 26.3 Å². The fraction of sp³-hybridized carbons (Fsp3) is 0.448. The van der Waals surface area contributed by atoms with E-state index in [9.17, 15) is 45.5 Å². The molecule has 2 atom stereocenters. The van der Waals surface area contributed by atoms with Gasteiger partial charge in [0, 0.05) is 0 Å². The van der Waals surface area contributed by atoms with Gasteiger partial charge in [-0.25, -0.2) is 19.2 Å². The summed E-state index contributed by atoms with van der Waals surface area (Å²) in [5.41, 5.74) is -2.71. The zero-order valence-electron chi connectivity index (χ0n) is 25.4. The molecule has 0 aliphatic rings. The van der Waals surface area contributed by atoms with Crippen molar-refractivity contribution in [1.29, 1.82) is 0 Å². The summed E-state index contributed by atoms with van der Waals surface area (Å²) in [7, 11) is 2.34. The average Bonchev–Trinajstić information content (AvgIpc) is 2.94.